The molecule has 4 aromatic rings. The molecule has 2 amide bonds. The lowest BCUT2D eigenvalue weighted by atomic mass is 10.2. The Kier molecular flexibility index (Phi) is 5.07. The Morgan fingerprint density at radius 3 is 2.62 bits per heavy atom. The highest BCUT2D eigenvalue weighted by molar-refractivity contribution is 5.94. The number of hydrazine groups is 1. The molecule has 0 fully saturated rings. The van der Waals surface area contributed by atoms with Crippen LogP contribution in [0.15, 0.2) is 73.3 Å². The zero-order valence-electron chi connectivity index (χ0n) is 15.4. The fourth-order valence-corrected chi connectivity index (χ4v) is 3.08. The van der Waals surface area contributed by atoms with Crippen LogP contribution in [0.5, 0.6) is 0 Å². The molecule has 0 spiro atoms. The number of nitrogens with zero attached hydrogens (tertiary/aromatic N) is 3. The minimum atomic E-state index is -0.522. The monoisotopic (exact) mass is 391 g/mol. The van der Waals surface area contributed by atoms with Crippen molar-refractivity contribution in [1.29, 1.82) is 0 Å². The van der Waals surface area contributed by atoms with Gasteiger partial charge in [-0.1, -0.05) is 18.2 Å². The van der Waals surface area contributed by atoms with E-state index in [1.807, 2.05) is 41.1 Å². The summed E-state index contributed by atoms with van der Waals surface area (Å²) in [5.41, 5.74) is 6.65. The minimum absolute atomic E-state index is 0.205. The summed E-state index contributed by atoms with van der Waals surface area (Å²) in [5, 5.41) is 1.11. The van der Waals surface area contributed by atoms with Gasteiger partial charge in [0.2, 0.25) is 5.91 Å². The quantitative estimate of drug-likeness (QED) is 0.514. The Balaban J connectivity index is 1.35. The summed E-state index contributed by atoms with van der Waals surface area (Å²) in [5.74, 6) is -1.21. The maximum Gasteiger partial charge on any atom is 0.288 e. The molecule has 0 atom stereocenters. The Labute approximate surface area is 165 Å². The first-order valence-electron chi connectivity index (χ1n) is 9.03. The minimum Gasteiger partial charge on any atom is -0.347 e. The Bertz CT molecular complexity index is 1160. The lowest BCUT2D eigenvalue weighted by molar-refractivity contribution is -0.122. The van der Waals surface area contributed by atoms with Crippen molar-refractivity contribution in [2.24, 2.45) is 0 Å². The molecule has 2 heterocycles. The molecule has 2 aromatic heterocycles. The van der Waals surface area contributed by atoms with Crippen molar-refractivity contribution in [1.82, 2.24) is 25.0 Å². The number of hydrogen-bond donors (Lipinski definition) is 2. The van der Waals surface area contributed by atoms with E-state index in [-0.39, 0.29) is 23.8 Å². The van der Waals surface area contributed by atoms with Crippen LogP contribution in [0.4, 0.5) is 4.39 Å². The SMILES string of the molecule is O=C(CCn1ccc2ccccc21)NNC(=O)c1cncn1-c1ccc(F)cc1. The fraction of sp³-hybridized carbons (Fsp3) is 0.0952. The van der Waals surface area contributed by atoms with E-state index in [1.165, 1.54) is 41.4 Å². The fourth-order valence-electron chi connectivity index (χ4n) is 3.08. The number of benzene rings is 2. The second-order valence-corrected chi connectivity index (χ2v) is 6.45. The number of halogens is 1. The molecule has 0 aliphatic rings. The van der Waals surface area contributed by atoms with Crippen molar-refractivity contribution in [3.63, 3.8) is 0 Å². The normalized spacial score (nSPS) is 10.8. The Hall–Kier alpha value is -3.94. The summed E-state index contributed by atoms with van der Waals surface area (Å²) in [4.78, 5) is 28.5. The zero-order valence-corrected chi connectivity index (χ0v) is 15.4. The summed E-state index contributed by atoms with van der Waals surface area (Å²) >= 11 is 0. The van der Waals surface area contributed by atoms with E-state index in [2.05, 4.69) is 15.8 Å². The predicted octanol–water partition coefficient (Wildman–Crippen LogP) is 2.82. The number of para-hydroxylation sites is 1. The summed E-state index contributed by atoms with van der Waals surface area (Å²) < 4.78 is 16.6. The molecular weight excluding hydrogens is 373 g/mol. The van der Waals surface area contributed by atoms with Crippen LogP contribution in [0.3, 0.4) is 0 Å². The number of imidazole rings is 1. The maximum atomic E-state index is 13.1. The molecule has 29 heavy (non-hydrogen) atoms. The molecule has 2 N–H and O–H groups in total. The number of hydrogen-bond acceptors (Lipinski definition) is 3. The third kappa shape index (κ3) is 4.01. The number of rotatable bonds is 5. The lowest BCUT2D eigenvalue weighted by Crippen LogP contribution is -2.42. The predicted molar refractivity (Wildman–Crippen MR) is 106 cm³/mol. The number of carbonyl (C=O) groups is 2. The van der Waals surface area contributed by atoms with Crippen LogP contribution in [0.2, 0.25) is 0 Å². The first-order valence-corrected chi connectivity index (χ1v) is 9.03. The third-order valence-corrected chi connectivity index (χ3v) is 4.55. The van der Waals surface area contributed by atoms with Crippen molar-refractivity contribution in [2.45, 2.75) is 13.0 Å². The topological polar surface area (TPSA) is 81.0 Å². The largest absolute Gasteiger partial charge is 0.347 e. The Morgan fingerprint density at radius 1 is 1.00 bits per heavy atom. The molecular formula is C21H18FN5O2. The van der Waals surface area contributed by atoms with E-state index in [4.69, 9.17) is 0 Å². The molecule has 0 bridgehead atoms. The molecule has 0 saturated carbocycles. The molecule has 146 valence electrons. The summed E-state index contributed by atoms with van der Waals surface area (Å²) in [6.45, 7) is 0.489. The number of aryl methyl sites for hydroxylation is 1. The third-order valence-electron chi connectivity index (χ3n) is 4.55. The number of carbonyl (C=O) groups excluding carboxylic acids is 2. The molecule has 2 aromatic carbocycles. The van der Waals surface area contributed by atoms with Crippen molar-refractivity contribution in [3.8, 4) is 5.69 Å². The average Bonchev–Trinajstić information content (AvgIpc) is 3.38. The zero-order chi connectivity index (χ0) is 20.2. The van der Waals surface area contributed by atoms with Crippen molar-refractivity contribution in [2.75, 3.05) is 0 Å². The highest BCUT2D eigenvalue weighted by Gasteiger charge is 2.14. The van der Waals surface area contributed by atoms with Gasteiger partial charge in [0, 0.05) is 30.4 Å². The van der Waals surface area contributed by atoms with Gasteiger partial charge in [-0.05, 0) is 41.8 Å². The van der Waals surface area contributed by atoms with Gasteiger partial charge in [-0.25, -0.2) is 9.37 Å². The van der Waals surface area contributed by atoms with Crippen LogP contribution in [0.1, 0.15) is 16.9 Å². The van der Waals surface area contributed by atoms with Gasteiger partial charge in [0.1, 0.15) is 11.5 Å². The Morgan fingerprint density at radius 2 is 1.79 bits per heavy atom. The average molecular weight is 391 g/mol. The maximum absolute atomic E-state index is 13.1. The summed E-state index contributed by atoms with van der Waals surface area (Å²) in [6, 6.07) is 15.6. The van der Waals surface area contributed by atoms with Gasteiger partial charge in [-0.2, -0.15) is 0 Å². The van der Waals surface area contributed by atoms with Gasteiger partial charge >= 0.3 is 0 Å². The number of aromatic nitrogens is 3. The summed E-state index contributed by atoms with van der Waals surface area (Å²) in [6.07, 6.45) is 4.95. The molecule has 0 saturated heterocycles. The molecule has 4 rings (SSSR count). The molecule has 0 aliphatic heterocycles. The second-order valence-electron chi connectivity index (χ2n) is 6.45. The van der Waals surface area contributed by atoms with E-state index >= 15 is 0 Å². The number of nitrogens with one attached hydrogen (secondary N) is 2. The van der Waals surface area contributed by atoms with Gasteiger partial charge in [0.25, 0.3) is 5.91 Å². The molecule has 0 unspecified atom stereocenters. The second kappa shape index (κ2) is 7.97. The lowest BCUT2D eigenvalue weighted by Gasteiger charge is -2.10. The van der Waals surface area contributed by atoms with Gasteiger partial charge in [-0.15, -0.1) is 0 Å². The van der Waals surface area contributed by atoms with Crippen molar-refractivity contribution < 1.29 is 14.0 Å². The van der Waals surface area contributed by atoms with Gasteiger partial charge in [0.05, 0.1) is 12.5 Å². The van der Waals surface area contributed by atoms with Crippen LogP contribution in [-0.4, -0.2) is 25.9 Å². The van der Waals surface area contributed by atoms with Gasteiger partial charge < -0.3 is 4.57 Å². The molecule has 0 radical (unpaired) electrons. The van der Waals surface area contributed by atoms with Crippen molar-refractivity contribution >= 4 is 22.7 Å². The van der Waals surface area contributed by atoms with Crippen molar-refractivity contribution in [3.05, 3.63) is 84.8 Å². The van der Waals surface area contributed by atoms with Crippen LogP contribution < -0.4 is 10.9 Å². The molecule has 7 nitrogen and oxygen atoms in total. The van der Waals surface area contributed by atoms with Crippen LogP contribution in [0, 0.1) is 5.82 Å². The smallest absolute Gasteiger partial charge is 0.288 e. The van der Waals surface area contributed by atoms with Crippen LogP contribution in [0.25, 0.3) is 16.6 Å². The molecule has 8 heteroatoms. The van der Waals surface area contributed by atoms with E-state index < -0.39 is 5.91 Å². The van der Waals surface area contributed by atoms with Gasteiger partial charge in [0.15, 0.2) is 0 Å². The first kappa shape index (κ1) is 18.4. The first-order chi connectivity index (χ1) is 14.1. The van der Waals surface area contributed by atoms with E-state index in [1.54, 1.807) is 0 Å². The van der Waals surface area contributed by atoms with Crippen LogP contribution >= 0.6 is 0 Å². The van der Waals surface area contributed by atoms with E-state index in [0.717, 1.165) is 10.9 Å². The molecule has 0 aliphatic carbocycles. The summed E-state index contributed by atoms with van der Waals surface area (Å²) in [7, 11) is 0. The van der Waals surface area contributed by atoms with Gasteiger partial charge in [-0.3, -0.25) is 25.0 Å². The standard InChI is InChI=1S/C21H18FN5O2/c22-16-5-7-17(8-6-16)27-14-23-13-19(27)21(29)25-24-20(28)10-12-26-11-9-15-3-1-2-4-18(15)26/h1-9,11,13-14H,10,12H2,(H,24,28)(H,25,29). The van der Waals surface area contributed by atoms with Crippen LogP contribution in [-0.2, 0) is 11.3 Å². The number of fused-ring (bicyclic) bond motifs is 1. The van der Waals surface area contributed by atoms with E-state index in [0.29, 0.717) is 12.2 Å². The number of amides is 2. The highest BCUT2D eigenvalue weighted by Crippen LogP contribution is 2.15. The van der Waals surface area contributed by atoms with E-state index in [9.17, 15) is 14.0 Å². The highest BCUT2D eigenvalue weighted by atomic mass is 19.1.